The third-order valence-electron chi connectivity index (χ3n) is 2.19. The van der Waals surface area contributed by atoms with Crippen LogP contribution in [0.5, 0.6) is 0 Å². The molecule has 0 aliphatic carbocycles. The van der Waals surface area contributed by atoms with E-state index in [1.807, 2.05) is 0 Å². The van der Waals surface area contributed by atoms with Crippen LogP contribution in [0.4, 0.5) is 5.69 Å². The van der Waals surface area contributed by atoms with Gasteiger partial charge < -0.3 is 4.74 Å². The van der Waals surface area contributed by atoms with Gasteiger partial charge >= 0.3 is 5.97 Å². The summed E-state index contributed by atoms with van der Waals surface area (Å²) >= 11 is 9.11. The van der Waals surface area contributed by atoms with Crippen molar-refractivity contribution in [3.05, 3.63) is 38.3 Å². The quantitative estimate of drug-likeness (QED) is 0.358. The summed E-state index contributed by atoms with van der Waals surface area (Å²) in [6, 6.07) is 4.32. The van der Waals surface area contributed by atoms with Crippen molar-refractivity contribution in [1.82, 2.24) is 0 Å². The minimum atomic E-state index is -0.803. The van der Waals surface area contributed by atoms with Gasteiger partial charge in [0.05, 0.1) is 11.5 Å². The van der Waals surface area contributed by atoms with E-state index in [1.54, 1.807) is 13.0 Å². The van der Waals surface area contributed by atoms with Gasteiger partial charge in [-0.1, -0.05) is 22.0 Å². The number of ether oxygens (including phenoxy) is 1. The Hall–Kier alpha value is -1.14. The average molecular weight is 337 g/mol. The van der Waals surface area contributed by atoms with Crippen molar-refractivity contribution in [3.63, 3.8) is 0 Å². The van der Waals surface area contributed by atoms with Gasteiger partial charge in [0.15, 0.2) is 0 Å². The van der Waals surface area contributed by atoms with E-state index in [1.165, 1.54) is 12.1 Å². The van der Waals surface area contributed by atoms with Crippen molar-refractivity contribution in [2.75, 3.05) is 6.61 Å². The molecule has 0 spiro atoms. The van der Waals surface area contributed by atoms with Crippen LogP contribution >= 0.6 is 27.5 Å². The van der Waals surface area contributed by atoms with Crippen LogP contribution in [0.3, 0.4) is 0 Å². The molecule has 0 aliphatic rings. The Labute approximate surface area is 117 Å². The smallest absolute Gasteiger partial charge is 0.324 e. The van der Waals surface area contributed by atoms with E-state index in [4.69, 9.17) is 16.3 Å². The first-order valence-electron chi connectivity index (χ1n) is 5.19. The predicted octanol–water partition coefficient (Wildman–Crippen LogP) is 3.07. The first kappa shape index (κ1) is 14.9. The van der Waals surface area contributed by atoms with Gasteiger partial charge in [-0.3, -0.25) is 14.9 Å². The summed E-state index contributed by atoms with van der Waals surface area (Å²) < 4.78 is 5.33. The zero-order valence-corrected chi connectivity index (χ0v) is 11.9. The van der Waals surface area contributed by atoms with E-state index in [0.29, 0.717) is 10.0 Å². The molecule has 18 heavy (non-hydrogen) atoms. The number of rotatable bonds is 5. The summed E-state index contributed by atoms with van der Waals surface area (Å²) in [6.07, 6.45) is 0.249. The Bertz CT molecular complexity index is 466. The summed E-state index contributed by atoms with van der Waals surface area (Å²) in [5.41, 5.74) is 0.696. The number of carbonyl (C=O) groups is 1. The lowest BCUT2D eigenvalue weighted by Crippen LogP contribution is -2.20. The van der Waals surface area contributed by atoms with Crippen molar-refractivity contribution in [2.45, 2.75) is 18.7 Å². The number of halogens is 2. The van der Waals surface area contributed by atoms with Crippen LogP contribution in [0.1, 0.15) is 12.5 Å². The van der Waals surface area contributed by atoms with Crippen molar-refractivity contribution in [1.29, 1.82) is 0 Å². The third-order valence-corrected chi connectivity index (χ3v) is 3.26. The van der Waals surface area contributed by atoms with E-state index in [0.717, 1.165) is 0 Å². The molecule has 5 nitrogen and oxygen atoms in total. The van der Waals surface area contributed by atoms with Gasteiger partial charge in [-0.15, -0.1) is 11.6 Å². The van der Waals surface area contributed by atoms with Gasteiger partial charge in [-0.2, -0.15) is 0 Å². The normalized spacial score (nSPS) is 11.9. The molecular formula is C11H11BrClNO4. The first-order chi connectivity index (χ1) is 8.45. The van der Waals surface area contributed by atoms with Crippen molar-refractivity contribution >= 4 is 39.2 Å². The standard InChI is InChI=1S/C11H11BrClNO4/c1-2-18-11(15)10(13)5-7-3-4-8(14(16)17)6-9(7)12/h3-4,6,10H,2,5H2,1H3. The number of alkyl halides is 1. The van der Waals surface area contributed by atoms with Crippen LogP contribution in [0.25, 0.3) is 0 Å². The fourth-order valence-electron chi connectivity index (χ4n) is 1.32. The fraction of sp³-hybridized carbons (Fsp3) is 0.364. The number of hydrogen-bond acceptors (Lipinski definition) is 4. The molecule has 0 fully saturated rings. The number of benzene rings is 1. The second kappa shape index (κ2) is 6.70. The molecule has 1 unspecified atom stereocenters. The first-order valence-corrected chi connectivity index (χ1v) is 6.42. The molecule has 0 saturated heterocycles. The number of nitrogens with zero attached hydrogens (tertiary/aromatic N) is 1. The second-order valence-electron chi connectivity index (χ2n) is 3.46. The van der Waals surface area contributed by atoms with E-state index in [-0.39, 0.29) is 18.7 Å². The maximum absolute atomic E-state index is 11.4. The summed E-state index contributed by atoms with van der Waals surface area (Å²) in [4.78, 5) is 21.4. The van der Waals surface area contributed by atoms with E-state index < -0.39 is 16.3 Å². The maximum atomic E-state index is 11.4. The molecule has 1 aromatic carbocycles. The number of carbonyl (C=O) groups excluding carboxylic acids is 1. The highest BCUT2D eigenvalue weighted by Crippen LogP contribution is 2.25. The average Bonchev–Trinajstić information content (AvgIpc) is 2.31. The predicted molar refractivity (Wildman–Crippen MR) is 70.8 cm³/mol. The van der Waals surface area contributed by atoms with E-state index in [9.17, 15) is 14.9 Å². The number of hydrogen-bond donors (Lipinski definition) is 0. The molecule has 98 valence electrons. The van der Waals surface area contributed by atoms with E-state index in [2.05, 4.69) is 15.9 Å². The number of esters is 1. The Morgan fingerprint density at radius 2 is 2.28 bits per heavy atom. The third kappa shape index (κ3) is 3.96. The summed E-state index contributed by atoms with van der Waals surface area (Å²) in [5, 5.41) is 9.76. The minimum absolute atomic E-state index is 0.0205. The van der Waals surface area contributed by atoms with Gasteiger partial charge in [-0.05, 0) is 12.5 Å². The van der Waals surface area contributed by atoms with Gasteiger partial charge in [0.1, 0.15) is 5.38 Å². The zero-order chi connectivity index (χ0) is 13.7. The fourth-order valence-corrected chi connectivity index (χ4v) is 2.08. The van der Waals surface area contributed by atoms with Gasteiger partial charge in [0.2, 0.25) is 0 Å². The summed E-state index contributed by atoms with van der Waals surface area (Å²) in [6.45, 7) is 1.97. The molecule has 0 amide bonds. The molecule has 0 aliphatic heterocycles. The highest BCUT2D eigenvalue weighted by Gasteiger charge is 2.19. The topological polar surface area (TPSA) is 69.4 Å². The lowest BCUT2D eigenvalue weighted by molar-refractivity contribution is -0.384. The largest absolute Gasteiger partial charge is 0.465 e. The van der Waals surface area contributed by atoms with Crippen molar-refractivity contribution < 1.29 is 14.5 Å². The lowest BCUT2D eigenvalue weighted by Gasteiger charge is -2.09. The van der Waals surface area contributed by atoms with Gasteiger partial charge in [-0.25, -0.2) is 0 Å². The summed E-state index contributed by atoms with van der Waals surface area (Å²) in [5.74, 6) is -0.496. The van der Waals surface area contributed by atoms with Crippen molar-refractivity contribution in [3.8, 4) is 0 Å². The highest BCUT2D eigenvalue weighted by molar-refractivity contribution is 9.10. The monoisotopic (exact) mass is 335 g/mol. The van der Waals surface area contributed by atoms with Gasteiger partial charge in [0, 0.05) is 23.0 Å². The highest BCUT2D eigenvalue weighted by atomic mass is 79.9. The Morgan fingerprint density at radius 3 is 2.78 bits per heavy atom. The minimum Gasteiger partial charge on any atom is -0.465 e. The molecule has 0 heterocycles. The van der Waals surface area contributed by atoms with Crippen LogP contribution in [0.15, 0.2) is 22.7 Å². The lowest BCUT2D eigenvalue weighted by atomic mass is 10.1. The number of nitro benzene ring substituents is 1. The molecule has 0 saturated carbocycles. The molecule has 1 atom stereocenters. The Morgan fingerprint density at radius 1 is 1.61 bits per heavy atom. The molecule has 1 rings (SSSR count). The Balaban J connectivity index is 2.79. The number of non-ortho nitro benzene ring substituents is 1. The molecule has 0 bridgehead atoms. The molecule has 1 aromatic rings. The van der Waals surface area contributed by atoms with Crippen LogP contribution in [0.2, 0.25) is 0 Å². The van der Waals surface area contributed by atoms with Crippen LogP contribution in [0, 0.1) is 10.1 Å². The number of nitro groups is 1. The van der Waals surface area contributed by atoms with Gasteiger partial charge in [0.25, 0.3) is 5.69 Å². The summed E-state index contributed by atoms with van der Waals surface area (Å²) in [7, 11) is 0. The molecule has 7 heteroatoms. The van der Waals surface area contributed by atoms with Crippen LogP contribution in [-0.2, 0) is 16.0 Å². The molecular weight excluding hydrogens is 325 g/mol. The van der Waals surface area contributed by atoms with Crippen molar-refractivity contribution in [2.24, 2.45) is 0 Å². The molecule has 0 aromatic heterocycles. The molecule has 0 N–H and O–H groups in total. The zero-order valence-electron chi connectivity index (χ0n) is 9.56. The van der Waals surface area contributed by atoms with Crippen LogP contribution in [-0.4, -0.2) is 22.9 Å². The maximum Gasteiger partial charge on any atom is 0.324 e. The molecule has 0 radical (unpaired) electrons. The van der Waals surface area contributed by atoms with Crippen LogP contribution < -0.4 is 0 Å². The SMILES string of the molecule is CCOC(=O)C(Cl)Cc1ccc([N+](=O)[O-])cc1Br. The van der Waals surface area contributed by atoms with E-state index >= 15 is 0 Å². The Kier molecular flexibility index (Phi) is 5.55. The second-order valence-corrected chi connectivity index (χ2v) is 4.84.